The molecule has 4 rings (SSSR count). The maximum absolute atomic E-state index is 13.9. The van der Waals surface area contributed by atoms with E-state index in [-0.39, 0.29) is 46.2 Å². The number of amides is 1. The summed E-state index contributed by atoms with van der Waals surface area (Å²) in [6.07, 6.45) is -5.12. The molecule has 0 unspecified atom stereocenters. The highest BCUT2D eigenvalue weighted by Crippen LogP contribution is 2.35. The third-order valence-corrected chi connectivity index (χ3v) is 8.16. The van der Waals surface area contributed by atoms with Crippen molar-refractivity contribution in [3.05, 3.63) is 93.3 Å². The molecule has 1 heterocycles. The SMILES string of the molecule is O=C(Cc1ccc(C(F)(F)F)c(F)c1)Nc1c(Cl)ccc2c1CCN(S(=O)(=O)c1cccc(C(=O)O)c1)C2. The monoisotopic (exact) mass is 570 g/mol. The summed E-state index contributed by atoms with van der Waals surface area (Å²) in [7, 11) is -4.03. The fourth-order valence-electron chi connectivity index (χ4n) is 4.15. The van der Waals surface area contributed by atoms with Gasteiger partial charge in [-0.25, -0.2) is 17.6 Å². The number of nitrogens with one attached hydrogen (secondary N) is 1. The zero-order valence-electron chi connectivity index (χ0n) is 19.4. The molecule has 0 aliphatic carbocycles. The Hall–Kier alpha value is -3.48. The van der Waals surface area contributed by atoms with Crippen molar-refractivity contribution in [3.8, 4) is 0 Å². The number of carboxylic acids is 1. The Kier molecular flexibility index (Phi) is 7.51. The van der Waals surface area contributed by atoms with Gasteiger partial charge in [0.2, 0.25) is 15.9 Å². The summed E-state index contributed by atoms with van der Waals surface area (Å²) >= 11 is 6.29. The first-order chi connectivity index (χ1) is 17.8. The van der Waals surface area contributed by atoms with Crippen LogP contribution in [0.1, 0.15) is 32.6 Å². The fourth-order valence-corrected chi connectivity index (χ4v) is 5.84. The van der Waals surface area contributed by atoms with Crippen molar-refractivity contribution in [3.63, 3.8) is 0 Å². The Morgan fingerprint density at radius 3 is 2.47 bits per heavy atom. The number of alkyl halides is 3. The largest absolute Gasteiger partial charge is 0.478 e. The molecule has 13 heteroatoms. The molecule has 0 spiro atoms. The van der Waals surface area contributed by atoms with E-state index >= 15 is 0 Å². The minimum atomic E-state index is -4.86. The van der Waals surface area contributed by atoms with Crippen molar-refractivity contribution >= 4 is 39.2 Å². The average Bonchev–Trinajstić information content (AvgIpc) is 2.84. The number of carbonyl (C=O) groups is 2. The van der Waals surface area contributed by atoms with Gasteiger partial charge in [-0.3, -0.25) is 4.79 Å². The van der Waals surface area contributed by atoms with Crippen molar-refractivity contribution in [1.29, 1.82) is 0 Å². The summed E-state index contributed by atoms with van der Waals surface area (Å²) in [5, 5.41) is 12.0. The number of benzene rings is 3. The molecule has 0 fully saturated rings. The lowest BCUT2D eigenvalue weighted by Crippen LogP contribution is -2.36. The van der Waals surface area contributed by atoms with Gasteiger partial charge in [0.15, 0.2) is 0 Å². The van der Waals surface area contributed by atoms with Gasteiger partial charge in [-0.15, -0.1) is 0 Å². The minimum Gasteiger partial charge on any atom is -0.478 e. The first kappa shape index (κ1) is 27.6. The van der Waals surface area contributed by atoms with Crippen molar-refractivity contribution < 1.29 is 40.7 Å². The number of aromatic carboxylic acids is 1. The maximum atomic E-state index is 13.9. The number of anilines is 1. The highest BCUT2D eigenvalue weighted by atomic mass is 35.5. The molecule has 0 bridgehead atoms. The van der Waals surface area contributed by atoms with Crippen LogP contribution in [-0.4, -0.2) is 36.3 Å². The summed E-state index contributed by atoms with van der Waals surface area (Å²) in [5.74, 6) is -3.41. The van der Waals surface area contributed by atoms with Crippen molar-refractivity contribution in [2.75, 3.05) is 11.9 Å². The van der Waals surface area contributed by atoms with Gasteiger partial charge in [-0.05, 0) is 59.5 Å². The van der Waals surface area contributed by atoms with Crippen molar-refractivity contribution in [2.45, 2.75) is 30.5 Å². The lowest BCUT2D eigenvalue weighted by Gasteiger charge is -2.30. The van der Waals surface area contributed by atoms with Gasteiger partial charge in [0, 0.05) is 13.1 Å². The lowest BCUT2D eigenvalue weighted by atomic mass is 9.98. The Bertz CT molecular complexity index is 1540. The van der Waals surface area contributed by atoms with E-state index in [1.807, 2.05) is 0 Å². The molecule has 1 amide bonds. The molecule has 2 N–H and O–H groups in total. The van der Waals surface area contributed by atoms with Gasteiger partial charge < -0.3 is 10.4 Å². The Morgan fingerprint density at radius 1 is 1.08 bits per heavy atom. The standard InChI is InChI=1S/C25H19ClF4N2O5S/c26-20-7-5-16-13-32(38(36,37)17-3-1-2-15(12-17)24(34)35)9-8-18(16)23(20)31-22(33)11-14-4-6-19(21(27)10-14)25(28,29)30/h1-7,10,12H,8-9,11,13H2,(H,31,33)(H,34,35). The van der Waals surface area contributed by atoms with E-state index in [2.05, 4.69) is 5.32 Å². The fraction of sp³-hybridized carbons (Fsp3) is 0.200. The number of fused-ring (bicyclic) bond motifs is 1. The summed E-state index contributed by atoms with van der Waals surface area (Å²) < 4.78 is 79.7. The van der Waals surface area contributed by atoms with E-state index in [4.69, 9.17) is 11.6 Å². The zero-order chi connectivity index (χ0) is 27.8. The molecule has 0 radical (unpaired) electrons. The smallest absolute Gasteiger partial charge is 0.419 e. The van der Waals surface area contributed by atoms with Crippen LogP contribution >= 0.6 is 11.6 Å². The molecule has 1 aliphatic rings. The second-order valence-electron chi connectivity index (χ2n) is 8.52. The minimum absolute atomic E-state index is 0.0138. The Labute approximate surface area is 219 Å². The van der Waals surface area contributed by atoms with Gasteiger partial charge in [0.05, 0.1) is 33.2 Å². The lowest BCUT2D eigenvalue weighted by molar-refractivity contribution is -0.140. The Balaban J connectivity index is 1.53. The van der Waals surface area contributed by atoms with Gasteiger partial charge in [0.25, 0.3) is 0 Å². The van der Waals surface area contributed by atoms with Crippen LogP contribution in [0.2, 0.25) is 5.02 Å². The quantitative estimate of drug-likeness (QED) is 0.400. The third-order valence-electron chi connectivity index (χ3n) is 6.00. The van der Waals surface area contributed by atoms with E-state index in [1.54, 1.807) is 6.07 Å². The predicted octanol–water partition coefficient (Wildman–Crippen LogP) is 5.12. The highest BCUT2D eigenvalue weighted by Gasteiger charge is 2.34. The zero-order valence-corrected chi connectivity index (χ0v) is 20.9. The van der Waals surface area contributed by atoms with Crippen LogP contribution < -0.4 is 5.32 Å². The molecular weight excluding hydrogens is 552 g/mol. The van der Waals surface area contributed by atoms with E-state index in [0.717, 1.165) is 12.1 Å². The van der Waals surface area contributed by atoms with Gasteiger partial charge in [-0.1, -0.05) is 29.8 Å². The van der Waals surface area contributed by atoms with Crippen molar-refractivity contribution in [1.82, 2.24) is 4.31 Å². The van der Waals surface area contributed by atoms with Gasteiger partial charge >= 0.3 is 12.1 Å². The van der Waals surface area contributed by atoms with Crippen molar-refractivity contribution in [2.24, 2.45) is 0 Å². The first-order valence-electron chi connectivity index (χ1n) is 11.1. The van der Waals surface area contributed by atoms with Crippen LogP contribution in [0.15, 0.2) is 59.5 Å². The molecule has 3 aromatic carbocycles. The van der Waals surface area contributed by atoms with Crippen LogP contribution in [0.3, 0.4) is 0 Å². The predicted molar refractivity (Wildman–Crippen MR) is 130 cm³/mol. The molecule has 0 saturated heterocycles. The number of hydrogen-bond donors (Lipinski definition) is 2. The molecular formula is C25H19ClF4N2O5S. The van der Waals surface area contributed by atoms with Crippen LogP contribution in [0.4, 0.5) is 23.2 Å². The third kappa shape index (κ3) is 5.66. The summed E-state index contributed by atoms with van der Waals surface area (Å²) in [5.41, 5.74) is -0.227. The molecule has 200 valence electrons. The summed E-state index contributed by atoms with van der Waals surface area (Å²) in [6, 6.07) is 10.3. The number of rotatable bonds is 6. The molecule has 3 aromatic rings. The van der Waals surface area contributed by atoms with Gasteiger partial charge in [-0.2, -0.15) is 17.5 Å². The van der Waals surface area contributed by atoms with Crippen LogP contribution in [0.25, 0.3) is 0 Å². The van der Waals surface area contributed by atoms with E-state index in [1.165, 1.54) is 28.6 Å². The number of halogens is 5. The van der Waals surface area contributed by atoms with E-state index in [0.29, 0.717) is 23.3 Å². The molecule has 0 saturated carbocycles. The second kappa shape index (κ2) is 10.4. The molecule has 1 aliphatic heterocycles. The molecule has 0 atom stereocenters. The molecule has 0 aromatic heterocycles. The summed E-state index contributed by atoms with van der Waals surface area (Å²) in [6.45, 7) is -0.0565. The number of sulfonamides is 1. The van der Waals surface area contributed by atoms with Crippen LogP contribution in [0.5, 0.6) is 0 Å². The normalized spacial score (nSPS) is 14.1. The van der Waals surface area contributed by atoms with E-state index in [9.17, 15) is 40.7 Å². The topological polar surface area (TPSA) is 104 Å². The summed E-state index contributed by atoms with van der Waals surface area (Å²) in [4.78, 5) is 23.7. The number of hydrogen-bond acceptors (Lipinski definition) is 4. The van der Waals surface area contributed by atoms with Gasteiger partial charge in [0.1, 0.15) is 5.82 Å². The number of nitrogens with zero attached hydrogens (tertiary/aromatic N) is 1. The molecule has 38 heavy (non-hydrogen) atoms. The van der Waals surface area contributed by atoms with Crippen LogP contribution in [-0.2, 0) is 40.4 Å². The molecule has 7 nitrogen and oxygen atoms in total. The van der Waals surface area contributed by atoms with Crippen LogP contribution in [0, 0.1) is 5.82 Å². The first-order valence-corrected chi connectivity index (χ1v) is 12.9. The van der Waals surface area contributed by atoms with E-state index < -0.39 is 45.9 Å². The second-order valence-corrected chi connectivity index (χ2v) is 10.9. The number of carbonyl (C=O) groups excluding carboxylic acids is 1. The number of carboxylic acid groups (broad SMARTS) is 1. The average molecular weight is 571 g/mol. The highest BCUT2D eigenvalue weighted by molar-refractivity contribution is 7.89. The Morgan fingerprint density at radius 2 is 1.82 bits per heavy atom. The maximum Gasteiger partial charge on any atom is 0.419 e.